The Hall–Kier alpha value is -2.33. The van der Waals surface area contributed by atoms with Gasteiger partial charge in [0, 0.05) is 19.2 Å². The highest BCUT2D eigenvalue weighted by Crippen LogP contribution is 2.19. The van der Waals surface area contributed by atoms with Crippen LogP contribution in [-0.4, -0.2) is 26.7 Å². The molecule has 0 aromatic heterocycles. The maximum absolute atomic E-state index is 12.0. The highest BCUT2D eigenvalue weighted by molar-refractivity contribution is 5.94. The number of nitrogens with one attached hydrogen (secondary N) is 1. The standard InChI is InChI=1S/C17H19NO3/c1-20-15-10-8-13(9-11-15)16(21-2)12-18-17(19)14-6-4-3-5-7-14/h3-11,16H,12H2,1-2H3,(H,18,19)/t16-/m0/s1. The van der Waals surface area contributed by atoms with E-state index in [9.17, 15) is 4.79 Å². The number of carbonyl (C=O) groups is 1. The van der Waals surface area contributed by atoms with Gasteiger partial charge >= 0.3 is 0 Å². The maximum atomic E-state index is 12.0. The van der Waals surface area contributed by atoms with Crippen LogP contribution < -0.4 is 10.1 Å². The van der Waals surface area contributed by atoms with Crippen LogP contribution >= 0.6 is 0 Å². The Kier molecular flexibility index (Phi) is 5.35. The summed E-state index contributed by atoms with van der Waals surface area (Å²) in [5, 5.41) is 2.88. The molecular formula is C17H19NO3. The van der Waals surface area contributed by atoms with E-state index in [4.69, 9.17) is 9.47 Å². The molecule has 0 saturated carbocycles. The lowest BCUT2D eigenvalue weighted by Crippen LogP contribution is -2.29. The first kappa shape index (κ1) is 15.1. The van der Waals surface area contributed by atoms with E-state index in [1.54, 1.807) is 26.4 Å². The molecule has 0 radical (unpaired) electrons. The summed E-state index contributed by atoms with van der Waals surface area (Å²) in [7, 11) is 3.26. The van der Waals surface area contributed by atoms with Gasteiger partial charge in [-0.1, -0.05) is 30.3 Å². The molecule has 2 aromatic rings. The van der Waals surface area contributed by atoms with Gasteiger partial charge in [-0.25, -0.2) is 0 Å². The minimum atomic E-state index is -0.191. The molecular weight excluding hydrogens is 266 g/mol. The van der Waals surface area contributed by atoms with E-state index in [0.29, 0.717) is 12.1 Å². The third-order valence-electron chi connectivity index (χ3n) is 3.26. The molecule has 0 bridgehead atoms. The normalized spacial score (nSPS) is 11.7. The zero-order valence-electron chi connectivity index (χ0n) is 12.2. The first-order valence-corrected chi connectivity index (χ1v) is 6.74. The smallest absolute Gasteiger partial charge is 0.251 e. The number of benzene rings is 2. The fraction of sp³-hybridized carbons (Fsp3) is 0.235. The molecule has 1 N–H and O–H groups in total. The van der Waals surface area contributed by atoms with Crippen LogP contribution in [0.3, 0.4) is 0 Å². The Morgan fingerprint density at radius 2 is 1.71 bits per heavy atom. The third-order valence-corrected chi connectivity index (χ3v) is 3.26. The average molecular weight is 285 g/mol. The van der Waals surface area contributed by atoms with Crippen molar-refractivity contribution in [2.45, 2.75) is 6.10 Å². The van der Waals surface area contributed by atoms with Gasteiger partial charge in [-0.05, 0) is 29.8 Å². The van der Waals surface area contributed by atoms with Gasteiger partial charge in [0.25, 0.3) is 5.91 Å². The van der Waals surface area contributed by atoms with Crippen LogP contribution in [0.2, 0.25) is 0 Å². The number of ether oxygens (including phenoxy) is 2. The van der Waals surface area contributed by atoms with Crippen LogP contribution in [-0.2, 0) is 4.74 Å². The predicted molar refractivity (Wildman–Crippen MR) is 81.5 cm³/mol. The molecule has 0 unspecified atom stereocenters. The molecule has 21 heavy (non-hydrogen) atoms. The van der Waals surface area contributed by atoms with Gasteiger partial charge in [-0.2, -0.15) is 0 Å². The lowest BCUT2D eigenvalue weighted by atomic mass is 10.1. The fourth-order valence-electron chi connectivity index (χ4n) is 2.03. The fourth-order valence-corrected chi connectivity index (χ4v) is 2.03. The Labute approximate surface area is 124 Å². The monoisotopic (exact) mass is 285 g/mol. The Balaban J connectivity index is 1.97. The van der Waals surface area contributed by atoms with Crippen molar-refractivity contribution in [2.75, 3.05) is 20.8 Å². The van der Waals surface area contributed by atoms with Gasteiger partial charge < -0.3 is 14.8 Å². The van der Waals surface area contributed by atoms with Gasteiger partial charge in [0.1, 0.15) is 5.75 Å². The van der Waals surface area contributed by atoms with Crippen LogP contribution in [0.5, 0.6) is 5.75 Å². The molecule has 1 amide bonds. The maximum Gasteiger partial charge on any atom is 0.251 e. The van der Waals surface area contributed by atoms with Gasteiger partial charge in [0.2, 0.25) is 0 Å². The summed E-state index contributed by atoms with van der Waals surface area (Å²) in [6, 6.07) is 16.7. The molecule has 1 atom stereocenters. The molecule has 0 saturated heterocycles. The van der Waals surface area contributed by atoms with Crippen LogP contribution in [0, 0.1) is 0 Å². The molecule has 0 aliphatic carbocycles. The molecule has 2 aromatic carbocycles. The largest absolute Gasteiger partial charge is 0.497 e. The predicted octanol–water partition coefficient (Wildman–Crippen LogP) is 2.81. The first-order valence-electron chi connectivity index (χ1n) is 6.74. The Morgan fingerprint density at radius 1 is 1.05 bits per heavy atom. The summed E-state index contributed by atoms with van der Waals surface area (Å²) in [4.78, 5) is 12.0. The molecule has 0 heterocycles. The van der Waals surface area contributed by atoms with Crippen molar-refractivity contribution in [1.29, 1.82) is 0 Å². The van der Waals surface area contributed by atoms with E-state index < -0.39 is 0 Å². The van der Waals surface area contributed by atoms with Crippen LogP contribution in [0.4, 0.5) is 0 Å². The summed E-state index contributed by atoms with van der Waals surface area (Å²) < 4.78 is 10.6. The molecule has 4 heteroatoms. The lowest BCUT2D eigenvalue weighted by molar-refractivity contribution is 0.0827. The van der Waals surface area contributed by atoms with E-state index >= 15 is 0 Å². The molecule has 0 aliphatic heterocycles. The number of amides is 1. The van der Waals surface area contributed by atoms with E-state index in [1.807, 2.05) is 42.5 Å². The topological polar surface area (TPSA) is 47.6 Å². The van der Waals surface area contributed by atoms with Crippen molar-refractivity contribution in [2.24, 2.45) is 0 Å². The SMILES string of the molecule is COc1ccc([C@H](CNC(=O)c2ccccc2)OC)cc1. The van der Waals surface area contributed by atoms with E-state index in [1.165, 1.54) is 0 Å². The quantitative estimate of drug-likeness (QED) is 0.887. The average Bonchev–Trinajstić information content (AvgIpc) is 2.56. The van der Waals surface area contributed by atoms with Crippen molar-refractivity contribution < 1.29 is 14.3 Å². The third kappa shape index (κ3) is 4.07. The molecule has 0 aliphatic rings. The van der Waals surface area contributed by atoms with Gasteiger partial charge in [0.05, 0.1) is 13.2 Å². The highest BCUT2D eigenvalue weighted by Gasteiger charge is 2.13. The Morgan fingerprint density at radius 3 is 2.29 bits per heavy atom. The molecule has 2 rings (SSSR count). The summed E-state index contributed by atoms with van der Waals surface area (Å²) in [5.41, 5.74) is 1.63. The zero-order valence-corrected chi connectivity index (χ0v) is 12.2. The van der Waals surface area contributed by atoms with E-state index in [0.717, 1.165) is 11.3 Å². The zero-order chi connectivity index (χ0) is 15.1. The van der Waals surface area contributed by atoms with Crippen LogP contribution in [0.25, 0.3) is 0 Å². The van der Waals surface area contributed by atoms with Gasteiger partial charge in [-0.3, -0.25) is 4.79 Å². The van der Waals surface area contributed by atoms with E-state index in [-0.39, 0.29) is 12.0 Å². The van der Waals surface area contributed by atoms with Gasteiger partial charge in [0.15, 0.2) is 0 Å². The lowest BCUT2D eigenvalue weighted by Gasteiger charge is -2.17. The van der Waals surface area contributed by atoms with Crippen molar-refractivity contribution in [1.82, 2.24) is 5.32 Å². The summed E-state index contributed by atoms with van der Waals surface area (Å²) >= 11 is 0. The summed E-state index contributed by atoms with van der Waals surface area (Å²) in [6.07, 6.45) is -0.191. The molecule has 110 valence electrons. The second-order valence-corrected chi connectivity index (χ2v) is 4.57. The highest BCUT2D eigenvalue weighted by atomic mass is 16.5. The number of hydrogen-bond donors (Lipinski definition) is 1. The van der Waals surface area contributed by atoms with Gasteiger partial charge in [-0.15, -0.1) is 0 Å². The number of methoxy groups -OCH3 is 2. The molecule has 4 nitrogen and oxygen atoms in total. The summed E-state index contributed by atoms with van der Waals surface area (Å²) in [5.74, 6) is 0.688. The van der Waals surface area contributed by atoms with Crippen LogP contribution in [0.1, 0.15) is 22.0 Å². The summed E-state index contributed by atoms with van der Waals surface area (Å²) in [6.45, 7) is 0.413. The number of rotatable bonds is 6. The first-order chi connectivity index (χ1) is 10.2. The van der Waals surface area contributed by atoms with E-state index in [2.05, 4.69) is 5.32 Å². The second kappa shape index (κ2) is 7.45. The van der Waals surface area contributed by atoms with Crippen molar-refractivity contribution in [3.63, 3.8) is 0 Å². The van der Waals surface area contributed by atoms with Crippen molar-refractivity contribution in [3.8, 4) is 5.75 Å². The molecule has 0 spiro atoms. The van der Waals surface area contributed by atoms with Crippen molar-refractivity contribution >= 4 is 5.91 Å². The Bertz CT molecular complexity index is 566. The number of carbonyl (C=O) groups excluding carboxylic acids is 1. The number of hydrogen-bond acceptors (Lipinski definition) is 3. The second-order valence-electron chi connectivity index (χ2n) is 4.57. The van der Waals surface area contributed by atoms with Crippen molar-refractivity contribution in [3.05, 3.63) is 65.7 Å². The molecule has 0 fully saturated rings. The van der Waals surface area contributed by atoms with Crippen LogP contribution in [0.15, 0.2) is 54.6 Å². The minimum Gasteiger partial charge on any atom is -0.497 e. The minimum absolute atomic E-state index is 0.105.